The number of piperazine rings is 1. The molecular weight excluding hydrogens is 409 g/mol. The Morgan fingerprint density at radius 3 is 2.50 bits per heavy atom. The number of hydrogen-bond acceptors (Lipinski definition) is 3. The van der Waals surface area contributed by atoms with E-state index in [2.05, 4.69) is 17.2 Å². The maximum atomic E-state index is 13.1. The number of anilines is 1. The van der Waals surface area contributed by atoms with Crippen LogP contribution in [-0.2, 0) is 4.79 Å². The van der Waals surface area contributed by atoms with E-state index in [0.29, 0.717) is 18.2 Å². The summed E-state index contributed by atoms with van der Waals surface area (Å²) in [7, 11) is 0. The SMILES string of the molecule is O=C(Nc1ccc(F)cc1)N1CC(=O)N2[C@H](CO)[C@H](c3ccc(C#CC4CC4)cc3)[C@@H]2C1. The van der Waals surface area contributed by atoms with E-state index in [1.54, 1.807) is 4.90 Å². The molecule has 3 atom stereocenters. The van der Waals surface area contributed by atoms with Gasteiger partial charge in [-0.05, 0) is 54.8 Å². The fourth-order valence-corrected chi connectivity index (χ4v) is 4.59. The molecule has 2 N–H and O–H groups in total. The molecular formula is C25H24FN3O3. The van der Waals surface area contributed by atoms with Crippen LogP contribution in [0.3, 0.4) is 0 Å². The Bertz CT molecular complexity index is 1090. The number of fused-ring (bicyclic) bond motifs is 1. The lowest BCUT2D eigenvalue weighted by Crippen LogP contribution is -2.73. The Balaban J connectivity index is 1.30. The van der Waals surface area contributed by atoms with Gasteiger partial charge in [0.15, 0.2) is 0 Å². The molecule has 32 heavy (non-hydrogen) atoms. The van der Waals surface area contributed by atoms with Crippen molar-refractivity contribution in [3.05, 3.63) is 65.5 Å². The average Bonchev–Trinajstić information content (AvgIpc) is 3.60. The van der Waals surface area contributed by atoms with Gasteiger partial charge in [0.25, 0.3) is 0 Å². The fourth-order valence-electron chi connectivity index (χ4n) is 4.59. The number of nitrogens with one attached hydrogen (secondary N) is 1. The fraction of sp³-hybridized carbons (Fsp3) is 0.360. The monoisotopic (exact) mass is 433 g/mol. The minimum atomic E-state index is -0.401. The molecule has 0 unspecified atom stereocenters. The summed E-state index contributed by atoms with van der Waals surface area (Å²) in [5.41, 5.74) is 2.45. The van der Waals surface area contributed by atoms with Gasteiger partial charge in [0.1, 0.15) is 12.4 Å². The summed E-state index contributed by atoms with van der Waals surface area (Å²) in [6, 6.07) is 12.6. The van der Waals surface area contributed by atoms with Crippen LogP contribution in [0.5, 0.6) is 0 Å². The van der Waals surface area contributed by atoms with Gasteiger partial charge in [0, 0.05) is 29.6 Å². The van der Waals surface area contributed by atoms with E-state index in [-0.39, 0.29) is 42.9 Å². The Morgan fingerprint density at radius 1 is 1.12 bits per heavy atom. The van der Waals surface area contributed by atoms with Crippen LogP contribution in [0.25, 0.3) is 0 Å². The Labute approximate surface area is 186 Å². The van der Waals surface area contributed by atoms with Gasteiger partial charge < -0.3 is 20.2 Å². The van der Waals surface area contributed by atoms with E-state index in [0.717, 1.165) is 11.1 Å². The number of rotatable bonds is 3. The molecule has 2 saturated heterocycles. The normalized spacial score (nSPS) is 24.2. The topological polar surface area (TPSA) is 72.9 Å². The molecule has 0 bridgehead atoms. The molecule has 3 aliphatic rings. The molecule has 2 aliphatic heterocycles. The summed E-state index contributed by atoms with van der Waals surface area (Å²) in [6.45, 7) is 0.184. The second-order valence-corrected chi connectivity index (χ2v) is 8.63. The van der Waals surface area contributed by atoms with E-state index in [9.17, 15) is 19.1 Å². The molecule has 0 radical (unpaired) electrons. The summed E-state index contributed by atoms with van der Waals surface area (Å²) < 4.78 is 13.1. The molecule has 3 amide bonds. The summed E-state index contributed by atoms with van der Waals surface area (Å²) in [5, 5.41) is 12.7. The number of benzene rings is 2. The first-order chi connectivity index (χ1) is 15.5. The molecule has 1 aliphatic carbocycles. The molecule has 0 spiro atoms. The predicted octanol–water partition coefficient (Wildman–Crippen LogP) is 2.79. The third-order valence-electron chi connectivity index (χ3n) is 6.43. The smallest absolute Gasteiger partial charge is 0.322 e. The van der Waals surface area contributed by atoms with Gasteiger partial charge in [0.05, 0.1) is 18.7 Å². The highest BCUT2D eigenvalue weighted by Gasteiger charge is 2.54. The Morgan fingerprint density at radius 2 is 1.84 bits per heavy atom. The lowest BCUT2D eigenvalue weighted by Gasteiger charge is -2.58. The maximum Gasteiger partial charge on any atom is 0.322 e. The molecule has 1 saturated carbocycles. The zero-order valence-electron chi connectivity index (χ0n) is 17.5. The molecule has 3 fully saturated rings. The van der Waals surface area contributed by atoms with Gasteiger partial charge >= 0.3 is 6.03 Å². The molecule has 164 valence electrons. The molecule has 5 rings (SSSR count). The van der Waals surface area contributed by atoms with Crippen molar-refractivity contribution in [2.45, 2.75) is 30.8 Å². The number of urea groups is 1. The van der Waals surface area contributed by atoms with E-state index in [1.807, 2.05) is 24.3 Å². The van der Waals surface area contributed by atoms with Crippen LogP contribution in [0.1, 0.15) is 29.9 Å². The molecule has 2 heterocycles. The Kier molecular flexibility index (Phi) is 5.32. The van der Waals surface area contributed by atoms with Gasteiger partial charge in [-0.25, -0.2) is 9.18 Å². The van der Waals surface area contributed by atoms with Gasteiger partial charge in [0.2, 0.25) is 5.91 Å². The number of amides is 3. The van der Waals surface area contributed by atoms with Crippen LogP contribution >= 0.6 is 0 Å². The largest absolute Gasteiger partial charge is 0.394 e. The van der Waals surface area contributed by atoms with Crippen molar-refractivity contribution in [1.82, 2.24) is 9.80 Å². The number of halogens is 1. The lowest BCUT2D eigenvalue weighted by molar-refractivity contribution is -0.159. The van der Waals surface area contributed by atoms with Gasteiger partial charge in [-0.1, -0.05) is 24.0 Å². The standard InChI is InChI=1S/C25H24FN3O3/c26-19-9-11-20(12-10-19)27-25(32)28-13-21-24(22(15-30)29(21)23(31)14-28)18-7-5-17(6-8-18)4-3-16-1-2-16/h5-12,16,21-22,24,30H,1-2,13-15H2,(H,27,32)/t21-,22+,24+/m0/s1. The van der Waals surface area contributed by atoms with E-state index >= 15 is 0 Å². The molecule has 0 aromatic heterocycles. The van der Waals surface area contributed by atoms with Crippen LogP contribution in [0, 0.1) is 23.6 Å². The molecule has 6 nitrogen and oxygen atoms in total. The number of aliphatic hydroxyl groups is 1. The summed E-state index contributed by atoms with van der Waals surface area (Å²) in [5.74, 6) is 6.35. The number of nitrogens with zero attached hydrogens (tertiary/aromatic N) is 2. The van der Waals surface area contributed by atoms with Crippen LogP contribution in [0.4, 0.5) is 14.9 Å². The maximum absolute atomic E-state index is 13.1. The van der Waals surface area contributed by atoms with Crippen LogP contribution in [0.2, 0.25) is 0 Å². The molecule has 2 aromatic carbocycles. The summed E-state index contributed by atoms with van der Waals surface area (Å²) in [6.07, 6.45) is 2.37. The number of aliphatic hydroxyl groups excluding tert-OH is 1. The first-order valence-corrected chi connectivity index (χ1v) is 10.9. The quantitative estimate of drug-likeness (QED) is 0.732. The van der Waals surface area contributed by atoms with E-state index < -0.39 is 6.03 Å². The van der Waals surface area contributed by atoms with Crippen molar-refractivity contribution < 1.29 is 19.1 Å². The van der Waals surface area contributed by atoms with E-state index in [1.165, 1.54) is 42.0 Å². The number of hydrogen-bond donors (Lipinski definition) is 2. The second-order valence-electron chi connectivity index (χ2n) is 8.63. The number of carbonyl (C=O) groups excluding carboxylic acids is 2. The highest BCUT2D eigenvalue weighted by Crippen LogP contribution is 2.43. The minimum Gasteiger partial charge on any atom is -0.394 e. The van der Waals surface area contributed by atoms with Gasteiger partial charge in [-0.3, -0.25) is 4.79 Å². The van der Waals surface area contributed by atoms with Crippen molar-refractivity contribution in [2.75, 3.05) is 25.0 Å². The van der Waals surface area contributed by atoms with Crippen LogP contribution in [0.15, 0.2) is 48.5 Å². The van der Waals surface area contributed by atoms with Crippen molar-refractivity contribution in [3.8, 4) is 11.8 Å². The highest BCUT2D eigenvalue weighted by atomic mass is 19.1. The van der Waals surface area contributed by atoms with Crippen molar-refractivity contribution in [2.24, 2.45) is 5.92 Å². The lowest BCUT2D eigenvalue weighted by atomic mass is 9.73. The van der Waals surface area contributed by atoms with Crippen molar-refractivity contribution in [3.63, 3.8) is 0 Å². The number of carbonyl (C=O) groups is 2. The third kappa shape index (κ3) is 3.94. The predicted molar refractivity (Wildman–Crippen MR) is 117 cm³/mol. The van der Waals surface area contributed by atoms with Crippen LogP contribution in [-0.4, -0.2) is 58.6 Å². The average molecular weight is 433 g/mol. The Hall–Kier alpha value is -3.37. The third-order valence-corrected chi connectivity index (χ3v) is 6.43. The zero-order valence-corrected chi connectivity index (χ0v) is 17.5. The van der Waals surface area contributed by atoms with E-state index in [4.69, 9.17) is 0 Å². The molecule has 2 aromatic rings. The second kappa shape index (κ2) is 8.29. The first-order valence-electron chi connectivity index (χ1n) is 10.9. The van der Waals surface area contributed by atoms with Crippen molar-refractivity contribution >= 4 is 17.6 Å². The molecule has 7 heteroatoms. The highest BCUT2D eigenvalue weighted by molar-refractivity contribution is 5.93. The zero-order chi connectivity index (χ0) is 22.2. The van der Waals surface area contributed by atoms with Gasteiger partial charge in [-0.2, -0.15) is 0 Å². The van der Waals surface area contributed by atoms with Crippen LogP contribution < -0.4 is 5.32 Å². The van der Waals surface area contributed by atoms with Crippen molar-refractivity contribution in [1.29, 1.82) is 0 Å². The summed E-state index contributed by atoms with van der Waals surface area (Å²) >= 11 is 0. The summed E-state index contributed by atoms with van der Waals surface area (Å²) in [4.78, 5) is 28.7. The van der Waals surface area contributed by atoms with Gasteiger partial charge in [-0.15, -0.1) is 0 Å². The first kappa shape index (κ1) is 20.5. The minimum absolute atomic E-state index is 0.0531.